The third-order valence-electron chi connectivity index (χ3n) is 5.42. The lowest BCUT2D eigenvalue weighted by molar-refractivity contribution is -0.139. The Balaban J connectivity index is 1.60. The van der Waals surface area contributed by atoms with E-state index in [2.05, 4.69) is 20.0 Å². The minimum atomic E-state index is -4.20. The number of hydrogen-bond donors (Lipinski definition) is 5. The quantitative estimate of drug-likeness (QED) is 0.175. The van der Waals surface area contributed by atoms with Crippen molar-refractivity contribution >= 4 is 57.0 Å². The zero-order valence-corrected chi connectivity index (χ0v) is 23.4. The smallest absolute Gasteiger partial charge is 0.339 e. The van der Waals surface area contributed by atoms with Crippen LogP contribution in [0.3, 0.4) is 0 Å². The van der Waals surface area contributed by atoms with Crippen LogP contribution in [-0.4, -0.2) is 69.1 Å². The van der Waals surface area contributed by atoms with Gasteiger partial charge < -0.3 is 20.6 Å². The summed E-state index contributed by atoms with van der Waals surface area (Å²) in [5.74, 6) is -4.45. The predicted octanol–water partition coefficient (Wildman–Crippen LogP) is 2.09. The summed E-state index contributed by atoms with van der Waals surface area (Å²) in [5, 5.41) is 30.7. The summed E-state index contributed by atoms with van der Waals surface area (Å²) in [7, 11) is -4.20. The molecule has 1 heterocycles. The molecule has 13 nitrogen and oxygen atoms in total. The number of nitrogens with one attached hydrogen (secondary N) is 2. The van der Waals surface area contributed by atoms with E-state index in [1.807, 2.05) is 0 Å². The van der Waals surface area contributed by atoms with Crippen molar-refractivity contribution in [2.24, 2.45) is 0 Å². The molecule has 5 N–H and O–H groups in total. The Hall–Kier alpha value is -4.05. The third-order valence-corrected chi connectivity index (χ3v) is 8.19. The number of carbonyl (C=O) groups excluding carboxylic acids is 2. The molecule has 0 fully saturated rings. The molecule has 3 aromatic rings. The van der Waals surface area contributed by atoms with Crippen LogP contribution in [-0.2, 0) is 31.9 Å². The minimum absolute atomic E-state index is 0.0802. The molecule has 1 aromatic heterocycles. The van der Waals surface area contributed by atoms with Crippen molar-refractivity contribution in [3.8, 4) is 5.75 Å². The molecule has 0 aliphatic carbocycles. The summed E-state index contributed by atoms with van der Waals surface area (Å²) in [4.78, 5) is 55.2. The van der Waals surface area contributed by atoms with Crippen LogP contribution < -0.4 is 10.0 Å². The number of amides is 1. The molecule has 216 valence electrons. The van der Waals surface area contributed by atoms with Crippen LogP contribution in [0.5, 0.6) is 5.75 Å². The standard InChI is InChI=1S/C25H23ClN4O9S2/c26-18-4-2-1-3-14(18)12-40-13-22(32)19(8-23(33)34)30-24(35)20-11-27-15(9-28-20)10-29-41(38,39)16-5-6-21(31)17(7-16)25(36)37/h1-7,9,11,19,29,31H,8,10,12-13H2,(H,30,35)(H,33,34)(H,36,37). The fraction of sp³-hybridized carbons (Fsp3) is 0.200. The predicted molar refractivity (Wildman–Crippen MR) is 147 cm³/mol. The Morgan fingerprint density at radius 1 is 1.02 bits per heavy atom. The number of carbonyl (C=O) groups is 4. The number of halogens is 1. The highest BCUT2D eigenvalue weighted by atomic mass is 35.5. The highest BCUT2D eigenvalue weighted by Crippen LogP contribution is 2.22. The van der Waals surface area contributed by atoms with Gasteiger partial charge in [0, 0.05) is 10.8 Å². The summed E-state index contributed by atoms with van der Waals surface area (Å²) in [6, 6.07) is 8.50. The number of nitrogens with zero attached hydrogens (tertiary/aromatic N) is 2. The van der Waals surface area contributed by atoms with Gasteiger partial charge in [-0.15, -0.1) is 11.8 Å². The zero-order valence-electron chi connectivity index (χ0n) is 21.0. The molecule has 3 rings (SSSR count). The molecule has 0 aliphatic heterocycles. The van der Waals surface area contributed by atoms with Crippen molar-refractivity contribution in [3.63, 3.8) is 0 Å². The van der Waals surface area contributed by atoms with Crippen molar-refractivity contribution in [1.29, 1.82) is 0 Å². The van der Waals surface area contributed by atoms with Crippen LogP contribution in [0, 0.1) is 0 Å². The van der Waals surface area contributed by atoms with Crippen molar-refractivity contribution in [2.75, 3.05) is 5.75 Å². The van der Waals surface area contributed by atoms with Crippen molar-refractivity contribution < 1.29 is 42.9 Å². The molecule has 1 unspecified atom stereocenters. The van der Waals surface area contributed by atoms with Gasteiger partial charge in [0.25, 0.3) is 5.91 Å². The number of aromatic nitrogens is 2. The Morgan fingerprint density at radius 3 is 2.39 bits per heavy atom. The van der Waals surface area contributed by atoms with Gasteiger partial charge in [-0.3, -0.25) is 19.4 Å². The maximum atomic E-state index is 12.7. The van der Waals surface area contributed by atoms with E-state index in [1.165, 1.54) is 11.8 Å². The number of Topliss-reactive ketones (excluding diaryl/α,β-unsaturated/α-hetero) is 1. The van der Waals surface area contributed by atoms with E-state index in [0.29, 0.717) is 10.8 Å². The van der Waals surface area contributed by atoms with Gasteiger partial charge in [0.05, 0.1) is 47.7 Å². The molecule has 1 atom stereocenters. The van der Waals surface area contributed by atoms with Gasteiger partial charge in [-0.05, 0) is 29.8 Å². The number of rotatable bonds is 14. The van der Waals surface area contributed by atoms with Gasteiger partial charge in [-0.1, -0.05) is 29.8 Å². The summed E-state index contributed by atoms with van der Waals surface area (Å²) in [5.41, 5.74) is 0.0584. The first kappa shape index (κ1) is 31.5. The molecule has 41 heavy (non-hydrogen) atoms. The normalized spacial score (nSPS) is 11.9. The molecule has 0 aliphatic rings. The Labute approximate surface area is 243 Å². The summed E-state index contributed by atoms with van der Waals surface area (Å²) in [6.07, 6.45) is 1.48. The van der Waals surface area contributed by atoms with E-state index in [9.17, 15) is 37.8 Å². The average Bonchev–Trinajstić information content (AvgIpc) is 2.92. The third kappa shape index (κ3) is 8.97. The first-order valence-corrected chi connectivity index (χ1v) is 14.6. The fourth-order valence-electron chi connectivity index (χ4n) is 3.30. The largest absolute Gasteiger partial charge is 0.507 e. The maximum absolute atomic E-state index is 12.7. The number of carboxylic acid groups (broad SMARTS) is 2. The number of aromatic hydroxyl groups is 1. The number of thioether (sulfide) groups is 1. The number of hydrogen-bond acceptors (Lipinski definition) is 10. The molecular weight excluding hydrogens is 600 g/mol. The lowest BCUT2D eigenvalue weighted by Crippen LogP contribution is -2.43. The fourth-order valence-corrected chi connectivity index (χ4v) is 5.58. The lowest BCUT2D eigenvalue weighted by atomic mass is 10.1. The van der Waals surface area contributed by atoms with Crippen LogP contribution in [0.2, 0.25) is 5.02 Å². The second-order valence-corrected chi connectivity index (χ2v) is 11.5. The lowest BCUT2D eigenvalue weighted by Gasteiger charge is -2.15. The maximum Gasteiger partial charge on any atom is 0.339 e. The minimum Gasteiger partial charge on any atom is -0.507 e. The molecule has 2 aromatic carbocycles. The number of benzene rings is 2. The summed E-state index contributed by atoms with van der Waals surface area (Å²) in [6.45, 7) is -0.372. The number of phenols is 1. The number of carboxylic acids is 2. The summed E-state index contributed by atoms with van der Waals surface area (Å²) >= 11 is 7.32. The molecule has 0 radical (unpaired) electrons. The van der Waals surface area contributed by atoms with Crippen LogP contribution >= 0.6 is 23.4 Å². The Bertz CT molecular complexity index is 1570. The van der Waals surface area contributed by atoms with Gasteiger partial charge in [-0.25, -0.2) is 22.9 Å². The van der Waals surface area contributed by atoms with Crippen LogP contribution in [0.4, 0.5) is 0 Å². The first-order chi connectivity index (χ1) is 19.4. The zero-order chi connectivity index (χ0) is 30.2. The highest BCUT2D eigenvalue weighted by Gasteiger charge is 2.25. The van der Waals surface area contributed by atoms with Gasteiger partial charge in [0.15, 0.2) is 5.78 Å². The molecule has 0 spiro atoms. The van der Waals surface area contributed by atoms with Gasteiger partial charge in [0.1, 0.15) is 17.0 Å². The summed E-state index contributed by atoms with van der Waals surface area (Å²) < 4.78 is 27.3. The monoisotopic (exact) mass is 622 g/mol. The van der Waals surface area contributed by atoms with E-state index in [0.717, 1.165) is 36.2 Å². The van der Waals surface area contributed by atoms with Gasteiger partial charge in [0.2, 0.25) is 10.0 Å². The Kier molecular flexibility index (Phi) is 10.8. The molecule has 0 saturated heterocycles. The second-order valence-electron chi connectivity index (χ2n) is 8.38. The van der Waals surface area contributed by atoms with Crippen molar-refractivity contribution in [2.45, 2.75) is 29.7 Å². The van der Waals surface area contributed by atoms with Crippen molar-refractivity contribution in [1.82, 2.24) is 20.0 Å². The SMILES string of the molecule is O=C(O)CC(NC(=O)c1cnc(CNS(=O)(=O)c2ccc(O)c(C(=O)O)c2)cn1)C(=O)CSCc1ccccc1Cl. The second kappa shape index (κ2) is 14.0. The van der Waals surface area contributed by atoms with Gasteiger partial charge in [-0.2, -0.15) is 0 Å². The molecule has 0 bridgehead atoms. The number of aromatic carboxylic acids is 1. The van der Waals surface area contributed by atoms with Crippen LogP contribution in [0.15, 0.2) is 59.8 Å². The molecule has 0 saturated carbocycles. The highest BCUT2D eigenvalue weighted by molar-refractivity contribution is 7.99. The average molecular weight is 623 g/mol. The number of aliphatic carboxylic acids is 1. The van der Waals surface area contributed by atoms with Crippen LogP contribution in [0.25, 0.3) is 0 Å². The van der Waals surface area contributed by atoms with Gasteiger partial charge >= 0.3 is 11.9 Å². The van der Waals surface area contributed by atoms with E-state index in [4.69, 9.17) is 16.7 Å². The Morgan fingerprint density at radius 2 is 1.76 bits per heavy atom. The number of sulfonamides is 1. The van der Waals surface area contributed by atoms with Crippen molar-refractivity contribution in [3.05, 3.63) is 82.4 Å². The molecule has 16 heteroatoms. The first-order valence-electron chi connectivity index (χ1n) is 11.6. The van der Waals surface area contributed by atoms with E-state index in [1.54, 1.807) is 24.3 Å². The molecular formula is C25H23ClN4O9S2. The van der Waals surface area contributed by atoms with E-state index >= 15 is 0 Å². The topological polar surface area (TPSA) is 213 Å². The van der Waals surface area contributed by atoms with E-state index < -0.39 is 62.3 Å². The van der Waals surface area contributed by atoms with Crippen LogP contribution in [0.1, 0.15) is 38.5 Å². The van der Waals surface area contributed by atoms with E-state index in [-0.39, 0.29) is 23.7 Å². The molecule has 1 amide bonds. The number of ketones is 1.